The van der Waals surface area contributed by atoms with Crippen molar-refractivity contribution in [2.24, 2.45) is 5.92 Å². The standard InChI is InChI=1S/C18H38N3O7P/c1-17(2)16-28-29(24,19(3)4)21-7-5-6-20(8-9-21)18(23)27-15-14-26-13-12-25-11-10-22/h17,22H,5-16H2,1-4H3. The summed E-state index contributed by atoms with van der Waals surface area (Å²) in [6, 6.07) is 0. The third-order valence-electron chi connectivity index (χ3n) is 4.23. The molecule has 10 nitrogen and oxygen atoms in total. The lowest BCUT2D eigenvalue weighted by Crippen LogP contribution is -2.37. The van der Waals surface area contributed by atoms with Crippen LogP contribution in [0.1, 0.15) is 20.3 Å². The molecule has 1 aliphatic rings. The van der Waals surface area contributed by atoms with E-state index in [0.29, 0.717) is 52.4 Å². The molecule has 1 unspecified atom stereocenters. The number of hydrogen-bond acceptors (Lipinski definition) is 7. The lowest BCUT2D eigenvalue weighted by molar-refractivity contribution is 0.0144. The number of ether oxygens (including phenoxy) is 3. The van der Waals surface area contributed by atoms with Crippen molar-refractivity contribution in [2.75, 3.05) is 86.5 Å². The summed E-state index contributed by atoms with van der Waals surface area (Å²) >= 11 is 0. The lowest BCUT2D eigenvalue weighted by Gasteiger charge is -2.34. The van der Waals surface area contributed by atoms with Gasteiger partial charge in [0.05, 0.1) is 39.6 Å². The first-order valence-electron chi connectivity index (χ1n) is 10.2. The fourth-order valence-corrected chi connectivity index (χ4v) is 4.83. The number of nitrogens with zero attached hydrogens (tertiary/aromatic N) is 3. The van der Waals surface area contributed by atoms with E-state index in [1.54, 1.807) is 23.7 Å². The normalized spacial score (nSPS) is 18.1. The molecule has 1 saturated heterocycles. The van der Waals surface area contributed by atoms with E-state index in [1.807, 2.05) is 18.5 Å². The van der Waals surface area contributed by atoms with E-state index in [9.17, 15) is 9.36 Å². The van der Waals surface area contributed by atoms with Crippen molar-refractivity contribution in [1.29, 1.82) is 0 Å². The number of rotatable bonds is 13. The summed E-state index contributed by atoms with van der Waals surface area (Å²) in [5.41, 5.74) is 0. The van der Waals surface area contributed by atoms with Gasteiger partial charge in [-0.05, 0) is 26.4 Å². The Labute approximate surface area is 174 Å². The van der Waals surface area contributed by atoms with Crippen LogP contribution in [0.5, 0.6) is 0 Å². The van der Waals surface area contributed by atoms with Gasteiger partial charge in [0.2, 0.25) is 0 Å². The van der Waals surface area contributed by atoms with Crippen LogP contribution in [-0.2, 0) is 23.3 Å². The number of aliphatic hydroxyl groups is 1. The van der Waals surface area contributed by atoms with Gasteiger partial charge in [-0.1, -0.05) is 13.8 Å². The molecule has 0 aromatic rings. The predicted molar refractivity (Wildman–Crippen MR) is 110 cm³/mol. The number of amides is 1. The molecule has 172 valence electrons. The smallest absolute Gasteiger partial charge is 0.409 e. The van der Waals surface area contributed by atoms with E-state index in [1.165, 1.54) is 0 Å². The van der Waals surface area contributed by atoms with E-state index >= 15 is 0 Å². The SMILES string of the molecule is CC(C)COP(=O)(N(C)C)N1CCCN(C(=O)OCCOCCOCCO)CC1. The second-order valence-electron chi connectivity index (χ2n) is 7.38. The van der Waals surface area contributed by atoms with Gasteiger partial charge in [-0.3, -0.25) is 4.57 Å². The van der Waals surface area contributed by atoms with Gasteiger partial charge in [-0.2, -0.15) is 0 Å². The van der Waals surface area contributed by atoms with Crippen molar-refractivity contribution < 1.29 is 33.2 Å². The number of aliphatic hydroxyl groups excluding tert-OH is 1. The topological polar surface area (TPSA) is 101 Å². The van der Waals surface area contributed by atoms with Gasteiger partial charge in [0, 0.05) is 26.2 Å². The molecule has 1 rings (SSSR count). The van der Waals surface area contributed by atoms with Crippen LogP contribution in [0, 0.1) is 5.92 Å². The van der Waals surface area contributed by atoms with E-state index in [-0.39, 0.29) is 32.3 Å². The molecule has 0 spiro atoms. The third-order valence-corrected chi connectivity index (χ3v) is 6.84. The maximum absolute atomic E-state index is 13.4. The van der Waals surface area contributed by atoms with E-state index in [2.05, 4.69) is 0 Å². The first kappa shape index (κ1) is 26.3. The average molecular weight is 439 g/mol. The summed E-state index contributed by atoms with van der Waals surface area (Å²) in [6.07, 6.45) is 0.297. The molecule has 1 fully saturated rings. The molecule has 1 atom stereocenters. The lowest BCUT2D eigenvalue weighted by atomic mass is 10.2. The quantitative estimate of drug-likeness (QED) is 0.338. The second kappa shape index (κ2) is 14.3. The minimum Gasteiger partial charge on any atom is -0.447 e. The molecular weight excluding hydrogens is 401 g/mol. The summed E-state index contributed by atoms with van der Waals surface area (Å²) < 4.78 is 38.3. The van der Waals surface area contributed by atoms with Crippen LogP contribution in [0.2, 0.25) is 0 Å². The Morgan fingerprint density at radius 2 is 1.69 bits per heavy atom. The van der Waals surface area contributed by atoms with Gasteiger partial charge in [-0.25, -0.2) is 14.1 Å². The molecule has 0 radical (unpaired) electrons. The van der Waals surface area contributed by atoms with Crippen LogP contribution in [0.4, 0.5) is 4.79 Å². The van der Waals surface area contributed by atoms with Gasteiger partial charge in [0.15, 0.2) is 0 Å². The maximum Gasteiger partial charge on any atom is 0.409 e. The van der Waals surface area contributed by atoms with E-state index in [4.69, 9.17) is 23.8 Å². The third kappa shape index (κ3) is 9.74. The highest BCUT2D eigenvalue weighted by molar-refractivity contribution is 7.53. The van der Waals surface area contributed by atoms with Gasteiger partial charge in [-0.15, -0.1) is 0 Å². The molecule has 1 heterocycles. The van der Waals surface area contributed by atoms with Crippen LogP contribution in [0.15, 0.2) is 0 Å². The van der Waals surface area contributed by atoms with Crippen LogP contribution >= 0.6 is 7.67 Å². The fraction of sp³-hybridized carbons (Fsp3) is 0.944. The summed E-state index contributed by atoms with van der Waals surface area (Å²) in [7, 11) is 0.407. The highest BCUT2D eigenvalue weighted by Gasteiger charge is 2.36. The minimum absolute atomic E-state index is 0.0152. The molecule has 1 aliphatic heterocycles. The molecule has 0 aromatic carbocycles. The van der Waals surface area contributed by atoms with Crippen molar-refractivity contribution in [1.82, 2.24) is 14.2 Å². The monoisotopic (exact) mass is 439 g/mol. The summed E-state index contributed by atoms with van der Waals surface area (Å²) in [5.74, 6) is 0.283. The van der Waals surface area contributed by atoms with E-state index < -0.39 is 13.8 Å². The highest BCUT2D eigenvalue weighted by atomic mass is 31.2. The molecule has 1 N–H and O–H groups in total. The van der Waals surface area contributed by atoms with Crippen LogP contribution in [0.3, 0.4) is 0 Å². The number of carbonyl (C=O) groups is 1. The highest BCUT2D eigenvalue weighted by Crippen LogP contribution is 2.53. The zero-order chi connectivity index (χ0) is 21.7. The average Bonchev–Trinajstić information content (AvgIpc) is 2.94. The number of hydrogen-bond donors (Lipinski definition) is 1. The van der Waals surface area contributed by atoms with Crippen LogP contribution in [0.25, 0.3) is 0 Å². The van der Waals surface area contributed by atoms with Crippen molar-refractivity contribution in [3.05, 3.63) is 0 Å². The van der Waals surface area contributed by atoms with Crippen molar-refractivity contribution >= 4 is 13.8 Å². The largest absolute Gasteiger partial charge is 0.447 e. The summed E-state index contributed by atoms with van der Waals surface area (Å²) in [6.45, 7) is 7.97. The second-order valence-corrected chi connectivity index (χ2v) is 9.99. The van der Waals surface area contributed by atoms with Crippen molar-refractivity contribution in [3.63, 3.8) is 0 Å². The Morgan fingerprint density at radius 1 is 1.03 bits per heavy atom. The molecule has 29 heavy (non-hydrogen) atoms. The molecule has 0 aromatic heterocycles. The van der Waals surface area contributed by atoms with Gasteiger partial charge < -0.3 is 28.7 Å². The Balaban J connectivity index is 2.39. The van der Waals surface area contributed by atoms with E-state index in [0.717, 1.165) is 0 Å². The first-order chi connectivity index (χ1) is 13.8. The minimum atomic E-state index is -3.11. The zero-order valence-corrected chi connectivity index (χ0v) is 19.1. The van der Waals surface area contributed by atoms with Crippen molar-refractivity contribution in [2.45, 2.75) is 20.3 Å². The first-order valence-corrected chi connectivity index (χ1v) is 11.7. The van der Waals surface area contributed by atoms with Gasteiger partial charge in [0.25, 0.3) is 0 Å². The molecule has 11 heteroatoms. The molecular formula is C18H38N3O7P. The molecule has 1 amide bonds. The van der Waals surface area contributed by atoms with Gasteiger partial charge >= 0.3 is 13.8 Å². The fourth-order valence-electron chi connectivity index (χ4n) is 2.70. The van der Waals surface area contributed by atoms with Gasteiger partial charge in [0.1, 0.15) is 6.61 Å². The van der Waals surface area contributed by atoms with Crippen LogP contribution in [-0.4, -0.2) is 112 Å². The number of carbonyl (C=O) groups excluding carboxylic acids is 1. The van der Waals surface area contributed by atoms with Crippen molar-refractivity contribution in [3.8, 4) is 0 Å². The Morgan fingerprint density at radius 3 is 2.31 bits per heavy atom. The summed E-state index contributed by atoms with van der Waals surface area (Å²) in [4.78, 5) is 13.9. The molecule has 0 bridgehead atoms. The molecule has 0 saturated carbocycles. The summed E-state index contributed by atoms with van der Waals surface area (Å²) in [5, 5.41) is 8.59. The Bertz CT molecular complexity index is 508. The van der Waals surface area contributed by atoms with Crippen LogP contribution < -0.4 is 0 Å². The maximum atomic E-state index is 13.4. The Kier molecular flexibility index (Phi) is 13.0. The zero-order valence-electron chi connectivity index (χ0n) is 18.2. The molecule has 0 aliphatic carbocycles. The predicted octanol–water partition coefficient (Wildman–Crippen LogP) is 1.50. The Hall–Kier alpha value is -0.740.